The molecule has 2 rings (SSSR count). The quantitative estimate of drug-likeness (QED) is 0.837. The number of hydrogen-bond acceptors (Lipinski definition) is 3. The van der Waals surface area contributed by atoms with Crippen molar-refractivity contribution in [3.8, 4) is 17.4 Å². The molecule has 15 heavy (non-hydrogen) atoms. The highest BCUT2D eigenvalue weighted by atomic mass is 19.1. The number of aromatic nitrogens is 3. The van der Waals surface area contributed by atoms with Crippen LogP contribution >= 0.6 is 0 Å². The van der Waals surface area contributed by atoms with Gasteiger partial charge in [-0.1, -0.05) is 12.1 Å². The summed E-state index contributed by atoms with van der Waals surface area (Å²) < 4.78 is 18.4. The zero-order valence-electron chi connectivity index (χ0n) is 8.20. The standard InChI is InChI=1S/C10H10FN3O/c1-2-15-10-12-9(13-14-10)7-5-3-4-6-8(7)11/h3-6H,2H2,1H3,(H,12,13,14). The average Bonchev–Trinajstić information content (AvgIpc) is 2.68. The van der Waals surface area contributed by atoms with E-state index >= 15 is 0 Å². The van der Waals surface area contributed by atoms with Crippen LogP contribution in [-0.4, -0.2) is 21.8 Å². The third kappa shape index (κ3) is 1.96. The number of nitrogens with one attached hydrogen (secondary N) is 1. The van der Waals surface area contributed by atoms with Gasteiger partial charge in [0.1, 0.15) is 5.82 Å². The van der Waals surface area contributed by atoms with E-state index in [4.69, 9.17) is 4.74 Å². The van der Waals surface area contributed by atoms with Crippen LogP contribution < -0.4 is 4.74 Å². The molecule has 78 valence electrons. The second-order valence-electron chi connectivity index (χ2n) is 2.88. The van der Waals surface area contributed by atoms with Crippen molar-refractivity contribution in [3.63, 3.8) is 0 Å². The largest absolute Gasteiger partial charge is 0.463 e. The summed E-state index contributed by atoms with van der Waals surface area (Å²) in [6.45, 7) is 2.31. The molecule has 4 nitrogen and oxygen atoms in total. The van der Waals surface area contributed by atoms with E-state index in [0.717, 1.165) is 0 Å². The monoisotopic (exact) mass is 207 g/mol. The van der Waals surface area contributed by atoms with Crippen LogP contribution in [0.25, 0.3) is 11.4 Å². The van der Waals surface area contributed by atoms with Gasteiger partial charge in [0.25, 0.3) is 0 Å². The number of hydrogen-bond donors (Lipinski definition) is 1. The predicted molar refractivity (Wildman–Crippen MR) is 52.9 cm³/mol. The van der Waals surface area contributed by atoms with Crippen molar-refractivity contribution in [1.82, 2.24) is 15.2 Å². The molecule has 0 unspecified atom stereocenters. The fraction of sp³-hybridized carbons (Fsp3) is 0.200. The number of ether oxygens (including phenoxy) is 1. The Kier molecular flexibility index (Phi) is 2.62. The lowest BCUT2D eigenvalue weighted by atomic mass is 10.2. The molecule has 0 aliphatic carbocycles. The third-order valence-electron chi connectivity index (χ3n) is 1.87. The van der Waals surface area contributed by atoms with Crippen molar-refractivity contribution >= 4 is 0 Å². The average molecular weight is 207 g/mol. The maximum atomic E-state index is 13.3. The Morgan fingerprint density at radius 2 is 2.20 bits per heavy atom. The fourth-order valence-corrected chi connectivity index (χ4v) is 1.21. The van der Waals surface area contributed by atoms with Crippen molar-refractivity contribution < 1.29 is 9.13 Å². The highest BCUT2D eigenvalue weighted by Gasteiger charge is 2.09. The Morgan fingerprint density at radius 1 is 1.40 bits per heavy atom. The van der Waals surface area contributed by atoms with Gasteiger partial charge in [-0.3, -0.25) is 5.10 Å². The predicted octanol–water partition coefficient (Wildman–Crippen LogP) is 2.01. The van der Waals surface area contributed by atoms with Crippen LogP contribution in [0.5, 0.6) is 6.01 Å². The van der Waals surface area contributed by atoms with Crippen molar-refractivity contribution in [2.75, 3.05) is 6.61 Å². The first-order chi connectivity index (χ1) is 7.31. The minimum Gasteiger partial charge on any atom is -0.463 e. The lowest BCUT2D eigenvalue weighted by molar-refractivity contribution is 0.314. The molecule has 0 aliphatic rings. The van der Waals surface area contributed by atoms with Gasteiger partial charge in [0.15, 0.2) is 5.82 Å². The van der Waals surface area contributed by atoms with Gasteiger partial charge in [-0.2, -0.15) is 4.98 Å². The van der Waals surface area contributed by atoms with Gasteiger partial charge in [-0.05, 0) is 19.1 Å². The molecule has 0 amide bonds. The molecule has 0 spiro atoms. The van der Waals surface area contributed by atoms with Crippen molar-refractivity contribution in [2.24, 2.45) is 0 Å². The molecule has 0 saturated heterocycles. The number of rotatable bonds is 3. The molecule has 0 fully saturated rings. The fourth-order valence-electron chi connectivity index (χ4n) is 1.21. The van der Waals surface area contributed by atoms with Gasteiger partial charge in [0.05, 0.1) is 12.2 Å². The first-order valence-electron chi connectivity index (χ1n) is 4.61. The zero-order valence-corrected chi connectivity index (χ0v) is 8.20. The number of nitrogens with zero attached hydrogens (tertiary/aromatic N) is 2. The summed E-state index contributed by atoms with van der Waals surface area (Å²) in [6.07, 6.45) is 0. The minimum atomic E-state index is -0.336. The molecule has 1 N–H and O–H groups in total. The van der Waals surface area contributed by atoms with Crippen molar-refractivity contribution in [3.05, 3.63) is 30.1 Å². The molecule has 0 bridgehead atoms. The molecular formula is C10H10FN3O. The SMILES string of the molecule is CCOc1n[nH]c(-c2ccccc2F)n1. The van der Waals surface area contributed by atoms with Crippen LogP contribution in [0.3, 0.4) is 0 Å². The topological polar surface area (TPSA) is 50.8 Å². The van der Waals surface area contributed by atoms with Crippen LogP contribution in [-0.2, 0) is 0 Å². The van der Waals surface area contributed by atoms with Gasteiger partial charge in [-0.25, -0.2) is 4.39 Å². The number of halogens is 1. The van der Waals surface area contributed by atoms with E-state index in [0.29, 0.717) is 18.0 Å². The van der Waals surface area contributed by atoms with Crippen molar-refractivity contribution in [1.29, 1.82) is 0 Å². The van der Waals surface area contributed by atoms with Gasteiger partial charge in [0.2, 0.25) is 0 Å². The summed E-state index contributed by atoms with van der Waals surface area (Å²) in [6, 6.07) is 6.60. The molecule has 0 aliphatic heterocycles. The lowest BCUT2D eigenvalue weighted by Gasteiger charge is -1.96. The van der Waals surface area contributed by atoms with E-state index in [2.05, 4.69) is 15.2 Å². The van der Waals surface area contributed by atoms with Crippen LogP contribution in [0.15, 0.2) is 24.3 Å². The summed E-state index contributed by atoms with van der Waals surface area (Å²) in [5, 5.41) is 6.42. The van der Waals surface area contributed by atoms with E-state index in [1.54, 1.807) is 18.2 Å². The number of aromatic amines is 1. The van der Waals surface area contributed by atoms with Gasteiger partial charge >= 0.3 is 6.01 Å². The van der Waals surface area contributed by atoms with Crippen molar-refractivity contribution in [2.45, 2.75) is 6.92 Å². The molecule has 1 heterocycles. The summed E-state index contributed by atoms with van der Waals surface area (Å²) >= 11 is 0. The Balaban J connectivity index is 2.33. The lowest BCUT2D eigenvalue weighted by Crippen LogP contribution is -1.92. The molecule has 2 aromatic rings. The maximum Gasteiger partial charge on any atom is 0.335 e. The summed E-state index contributed by atoms with van der Waals surface area (Å²) in [5.41, 5.74) is 0.385. The van der Waals surface area contributed by atoms with Crippen LogP contribution in [0.4, 0.5) is 4.39 Å². The van der Waals surface area contributed by atoms with Gasteiger partial charge < -0.3 is 4.74 Å². The Bertz CT molecular complexity index is 455. The van der Waals surface area contributed by atoms with E-state index < -0.39 is 0 Å². The molecule has 1 aromatic heterocycles. The first kappa shape index (κ1) is 9.64. The molecule has 0 radical (unpaired) electrons. The van der Waals surface area contributed by atoms with E-state index in [1.165, 1.54) is 6.07 Å². The highest BCUT2D eigenvalue weighted by molar-refractivity contribution is 5.55. The maximum absolute atomic E-state index is 13.3. The van der Waals surface area contributed by atoms with Crippen LogP contribution in [0.1, 0.15) is 6.92 Å². The van der Waals surface area contributed by atoms with E-state index in [1.807, 2.05) is 6.92 Å². The first-order valence-corrected chi connectivity index (χ1v) is 4.61. The summed E-state index contributed by atoms with van der Waals surface area (Å²) in [5.74, 6) is 0.0354. The molecule has 1 aromatic carbocycles. The number of benzene rings is 1. The van der Waals surface area contributed by atoms with E-state index in [-0.39, 0.29) is 11.8 Å². The second kappa shape index (κ2) is 4.08. The zero-order chi connectivity index (χ0) is 10.7. The summed E-state index contributed by atoms with van der Waals surface area (Å²) in [4.78, 5) is 4.00. The molecule has 0 saturated carbocycles. The summed E-state index contributed by atoms with van der Waals surface area (Å²) in [7, 11) is 0. The van der Waals surface area contributed by atoms with Crippen LogP contribution in [0, 0.1) is 5.82 Å². The van der Waals surface area contributed by atoms with Gasteiger partial charge in [-0.15, -0.1) is 5.10 Å². The Hall–Kier alpha value is -1.91. The third-order valence-corrected chi connectivity index (χ3v) is 1.87. The molecular weight excluding hydrogens is 197 g/mol. The van der Waals surface area contributed by atoms with E-state index in [9.17, 15) is 4.39 Å². The molecule has 0 atom stereocenters. The Morgan fingerprint density at radius 3 is 2.93 bits per heavy atom. The Labute approximate surface area is 86.1 Å². The molecule has 5 heteroatoms. The normalized spacial score (nSPS) is 10.3. The van der Waals surface area contributed by atoms with Crippen LogP contribution in [0.2, 0.25) is 0 Å². The van der Waals surface area contributed by atoms with Gasteiger partial charge in [0, 0.05) is 0 Å². The second-order valence-corrected chi connectivity index (χ2v) is 2.88. The number of H-pyrrole nitrogens is 1. The highest BCUT2D eigenvalue weighted by Crippen LogP contribution is 2.19. The smallest absolute Gasteiger partial charge is 0.335 e. The minimum absolute atomic E-state index is 0.232.